The first-order chi connectivity index (χ1) is 10.9. The summed E-state index contributed by atoms with van der Waals surface area (Å²) in [5.41, 5.74) is 1.23. The Hall–Kier alpha value is -0.840. The molecule has 1 heterocycles. The van der Waals surface area contributed by atoms with Crippen molar-refractivity contribution in [3.05, 3.63) is 49.1 Å². The molecule has 2 nitrogen and oxygen atoms in total. The van der Waals surface area contributed by atoms with E-state index in [0.717, 1.165) is 6.54 Å². The number of imidazole rings is 1. The second-order valence-corrected chi connectivity index (χ2v) is 6.22. The topological polar surface area (TPSA) is 8.81 Å². The molecule has 0 aliphatic rings. The molecule has 23 heavy (non-hydrogen) atoms. The van der Waals surface area contributed by atoms with Crippen molar-refractivity contribution >= 4 is 0 Å². The minimum Gasteiger partial charge on any atom is -1.00 e. The second kappa shape index (κ2) is 12.6. The molecule has 0 N–H and O–H groups in total. The van der Waals surface area contributed by atoms with Gasteiger partial charge in [-0.1, -0.05) is 70.1 Å². The van der Waals surface area contributed by atoms with Gasteiger partial charge < -0.3 is 24.0 Å². The molecular formula is C20H31IN2. The zero-order valence-electron chi connectivity index (χ0n) is 14.5. The number of benzene rings is 1. The summed E-state index contributed by atoms with van der Waals surface area (Å²) in [5.74, 6) is 0. The first-order valence-electron chi connectivity index (χ1n) is 9.02. The zero-order valence-corrected chi connectivity index (χ0v) is 16.6. The van der Waals surface area contributed by atoms with Gasteiger partial charge >= 0.3 is 0 Å². The summed E-state index contributed by atoms with van der Waals surface area (Å²) >= 11 is 0. The standard InChI is InChI=1S/C20H31N2.HI/c1-2-3-4-5-6-7-8-9-13-16-21-17-18-22(19-21)20-14-11-10-12-15-20;/h10-12,14-15,17-19H,2-9,13,16H2,1H3;1H/q+1;/p-1. The predicted molar refractivity (Wildman–Crippen MR) is 93.2 cm³/mol. The van der Waals surface area contributed by atoms with Gasteiger partial charge in [0.05, 0.1) is 6.54 Å². The van der Waals surface area contributed by atoms with E-state index in [2.05, 4.69) is 65.1 Å². The number of hydrogen-bond acceptors (Lipinski definition) is 0. The van der Waals surface area contributed by atoms with Crippen molar-refractivity contribution < 1.29 is 28.5 Å². The molecule has 0 radical (unpaired) electrons. The number of unbranched alkanes of at least 4 members (excludes halogenated alkanes) is 8. The molecule has 128 valence electrons. The highest BCUT2D eigenvalue weighted by molar-refractivity contribution is 5.30. The second-order valence-electron chi connectivity index (χ2n) is 6.22. The van der Waals surface area contributed by atoms with Crippen LogP contribution in [0.25, 0.3) is 5.69 Å². The molecule has 0 atom stereocenters. The highest BCUT2D eigenvalue weighted by Gasteiger charge is 2.05. The van der Waals surface area contributed by atoms with Crippen LogP contribution in [-0.4, -0.2) is 4.57 Å². The number of aryl methyl sites for hydroxylation is 1. The molecule has 2 aromatic rings. The summed E-state index contributed by atoms with van der Waals surface area (Å²) in [6.07, 6.45) is 19.0. The number of halogens is 1. The Morgan fingerprint density at radius 1 is 0.826 bits per heavy atom. The van der Waals surface area contributed by atoms with Crippen molar-refractivity contribution in [2.45, 2.75) is 71.3 Å². The van der Waals surface area contributed by atoms with Gasteiger partial charge in [0.25, 0.3) is 0 Å². The summed E-state index contributed by atoms with van der Waals surface area (Å²) < 4.78 is 4.49. The van der Waals surface area contributed by atoms with Gasteiger partial charge in [0.15, 0.2) is 0 Å². The third-order valence-corrected chi connectivity index (χ3v) is 4.27. The SMILES string of the molecule is CCCCCCCCCCC[n+]1ccn(-c2ccccc2)c1.[I-]. The van der Waals surface area contributed by atoms with E-state index >= 15 is 0 Å². The van der Waals surface area contributed by atoms with Gasteiger partial charge in [-0.25, -0.2) is 9.13 Å². The number of para-hydroxylation sites is 1. The Morgan fingerprint density at radius 2 is 1.43 bits per heavy atom. The lowest BCUT2D eigenvalue weighted by atomic mass is 10.1. The van der Waals surface area contributed by atoms with Crippen LogP contribution < -0.4 is 28.5 Å². The Bertz CT molecular complexity index is 507. The quantitative estimate of drug-likeness (QED) is 0.296. The summed E-state index contributed by atoms with van der Waals surface area (Å²) in [5, 5.41) is 0. The van der Waals surface area contributed by atoms with E-state index in [1.807, 2.05) is 0 Å². The van der Waals surface area contributed by atoms with Gasteiger partial charge in [0.1, 0.15) is 18.1 Å². The fourth-order valence-electron chi connectivity index (χ4n) is 2.88. The van der Waals surface area contributed by atoms with E-state index in [1.165, 1.54) is 63.5 Å². The van der Waals surface area contributed by atoms with E-state index in [4.69, 9.17) is 0 Å². The van der Waals surface area contributed by atoms with Crippen LogP contribution in [0.3, 0.4) is 0 Å². The van der Waals surface area contributed by atoms with E-state index < -0.39 is 0 Å². The van der Waals surface area contributed by atoms with E-state index in [-0.39, 0.29) is 24.0 Å². The van der Waals surface area contributed by atoms with Crippen molar-refractivity contribution in [3.8, 4) is 5.69 Å². The molecule has 0 saturated heterocycles. The molecule has 2 rings (SSSR count). The summed E-state index contributed by atoms with van der Waals surface area (Å²) in [6, 6.07) is 10.5. The maximum atomic E-state index is 2.30. The van der Waals surface area contributed by atoms with Crippen LogP contribution in [0.2, 0.25) is 0 Å². The fraction of sp³-hybridized carbons (Fsp3) is 0.550. The summed E-state index contributed by atoms with van der Waals surface area (Å²) in [6.45, 7) is 3.42. The van der Waals surface area contributed by atoms with Gasteiger partial charge in [-0.3, -0.25) is 0 Å². The molecule has 0 spiro atoms. The molecule has 0 aliphatic carbocycles. The maximum absolute atomic E-state index is 2.30. The lowest BCUT2D eigenvalue weighted by Gasteiger charge is -2.01. The smallest absolute Gasteiger partial charge is 0.248 e. The average molecular weight is 426 g/mol. The van der Waals surface area contributed by atoms with Crippen molar-refractivity contribution in [1.29, 1.82) is 0 Å². The van der Waals surface area contributed by atoms with E-state index in [1.54, 1.807) is 0 Å². The van der Waals surface area contributed by atoms with E-state index in [9.17, 15) is 0 Å². The monoisotopic (exact) mass is 426 g/mol. The largest absolute Gasteiger partial charge is 1.00 e. The van der Waals surface area contributed by atoms with Crippen molar-refractivity contribution in [1.82, 2.24) is 4.57 Å². The van der Waals surface area contributed by atoms with E-state index in [0.29, 0.717) is 0 Å². The highest BCUT2D eigenvalue weighted by atomic mass is 127. The first-order valence-corrected chi connectivity index (χ1v) is 9.02. The Kier molecular flexibility index (Phi) is 11.0. The predicted octanol–water partition coefficient (Wildman–Crippen LogP) is 2.30. The third-order valence-electron chi connectivity index (χ3n) is 4.27. The molecule has 0 amide bonds. The lowest BCUT2D eigenvalue weighted by Crippen LogP contribution is -3.00. The number of aromatic nitrogens is 2. The normalized spacial score (nSPS) is 10.5. The van der Waals surface area contributed by atoms with Gasteiger partial charge in [-0.15, -0.1) is 0 Å². The summed E-state index contributed by atoms with van der Waals surface area (Å²) in [4.78, 5) is 0. The Labute approximate surface area is 158 Å². The molecule has 1 aromatic carbocycles. The van der Waals surface area contributed by atoms with Crippen LogP contribution >= 0.6 is 0 Å². The van der Waals surface area contributed by atoms with Gasteiger partial charge in [0.2, 0.25) is 6.33 Å². The molecule has 0 aliphatic heterocycles. The van der Waals surface area contributed by atoms with Gasteiger partial charge in [-0.05, 0) is 25.0 Å². The lowest BCUT2D eigenvalue weighted by molar-refractivity contribution is -0.696. The highest BCUT2D eigenvalue weighted by Crippen LogP contribution is 2.09. The molecule has 1 aromatic heterocycles. The molecule has 0 bridgehead atoms. The molecule has 0 unspecified atom stereocenters. The van der Waals surface area contributed by atoms with Crippen LogP contribution in [0.5, 0.6) is 0 Å². The molecule has 0 fully saturated rings. The zero-order chi connectivity index (χ0) is 15.5. The number of nitrogens with zero attached hydrogens (tertiary/aromatic N) is 2. The maximum Gasteiger partial charge on any atom is 0.248 e. The summed E-state index contributed by atoms with van der Waals surface area (Å²) in [7, 11) is 0. The minimum absolute atomic E-state index is 0. The van der Waals surface area contributed by atoms with Crippen molar-refractivity contribution in [2.24, 2.45) is 0 Å². The average Bonchev–Trinajstić information content (AvgIpc) is 3.03. The Morgan fingerprint density at radius 3 is 2.09 bits per heavy atom. The number of hydrogen-bond donors (Lipinski definition) is 0. The number of rotatable bonds is 11. The van der Waals surface area contributed by atoms with Crippen LogP contribution in [0.1, 0.15) is 64.7 Å². The molecule has 0 saturated carbocycles. The van der Waals surface area contributed by atoms with Gasteiger partial charge in [0, 0.05) is 0 Å². The first kappa shape index (κ1) is 20.2. The van der Waals surface area contributed by atoms with Crippen LogP contribution in [0.4, 0.5) is 0 Å². The third kappa shape index (κ3) is 8.00. The van der Waals surface area contributed by atoms with Crippen LogP contribution in [0, 0.1) is 0 Å². The van der Waals surface area contributed by atoms with Gasteiger partial charge in [-0.2, -0.15) is 0 Å². The van der Waals surface area contributed by atoms with Crippen molar-refractivity contribution in [2.75, 3.05) is 0 Å². The van der Waals surface area contributed by atoms with Crippen LogP contribution in [-0.2, 0) is 6.54 Å². The molecule has 3 heteroatoms. The van der Waals surface area contributed by atoms with Crippen LogP contribution in [0.15, 0.2) is 49.1 Å². The Balaban J connectivity index is 0.00000264. The minimum atomic E-state index is 0. The molecular weight excluding hydrogens is 395 g/mol. The van der Waals surface area contributed by atoms with Crippen molar-refractivity contribution in [3.63, 3.8) is 0 Å². The fourth-order valence-corrected chi connectivity index (χ4v) is 2.88.